The van der Waals surface area contributed by atoms with Gasteiger partial charge in [-0.15, -0.1) is 0 Å². The lowest BCUT2D eigenvalue weighted by molar-refractivity contribution is -0.132. The maximum absolute atomic E-state index is 12.6. The smallest absolute Gasteiger partial charge is 0.369 e. The minimum atomic E-state index is -4.10. The third-order valence-electron chi connectivity index (χ3n) is 4.71. The number of rotatable bonds is 2. The van der Waals surface area contributed by atoms with Crippen LogP contribution in [0.1, 0.15) is 37.7 Å². The van der Waals surface area contributed by atoms with E-state index in [4.69, 9.17) is 0 Å². The summed E-state index contributed by atoms with van der Waals surface area (Å²) in [4.78, 5) is 1.94. The number of fused-ring (bicyclic) bond motifs is 1. The fraction of sp³-hybridized carbons (Fsp3) is 0.625. The van der Waals surface area contributed by atoms with Gasteiger partial charge in [0.05, 0.1) is 6.42 Å². The van der Waals surface area contributed by atoms with Crippen molar-refractivity contribution in [3.05, 3.63) is 29.8 Å². The topological polar surface area (TPSA) is 15.3 Å². The van der Waals surface area contributed by atoms with Gasteiger partial charge in [0, 0.05) is 30.9 Å². The largest absolute Gasteiger partial charge is 0.390 e. The average molecular weight is 298 g/mol. The van der Waals surface area contributed by atoms with Gasteiger partial charge in [-0.25, -0.2) is 0 Å². The maximum atomic E-state index is 12.6. The zero-order valence-electron chi connectivity index (χ0n) is 12.0. The van der Waals surface area contributed by atoms with Gasteiger partial charge in [-0.1, -0.05) is 31.0 Å². The van der Waals surface area contributed by atoms with Crippen LogP contribution < -0.4 is 10.2 Å². The fourth-order valence-electron chi connectivity index (χ4n) is 3.61. The molecule has 21 heavy (non-hydrogen) atoms. The van der Waals surface area contributed by atoms with Crippen molar-refractivity contribution >= 4 is 5.69 Å². The summed E-state index contributed by atoms with van der Waals surface area (Å²) in [7, 11) is 0. The third kappa shape index (κ3) is 3.34. The van der Waals surface area contributed by atoms with Gasteiger partial charge in [0.15, 0.2) is 0 Å². The van der Waals surface area contributed by atoms with Crippen LogP contribution in [0.15, 0.2) is 24.3 Å². The van der Waals surface area contributed by atoms with Gasteiger partial charge < -0.3 is 10.2 Å². The molecule has 1 fully saturated rings. The summed E-state index contributed by atoms with van der Waals surface area (Å²) in [5.41, 5.74) is 2.05. The number of nitrogens with one attached hydrogen (secondary N) is 1. The Labute approximate surface area is 123 Å². The van der Waals surface area contributed by atoms with E-state index < -0.39 is 12.6 Å². The van der Waals surface area contributed by atoms with Crippen LogP contribution in [-0.2, 0) is 6.54 Å². The van der Waals surface area contributed by atoms with Crippen LogP contribution in [0, 0.1) is 0 Å². The molecule has 1 spiro atoms. The van der Waals surface area contributed by atoms with E-state index in [1.807, 2.05) is 29.2 Å². The molecule has 1 aliphatic heterocycles. The molecule has 1 aromatic carbocycles. The second-order valence-corrected chi connectivity index (χ2v) is 6.26. The van der Waals surface area contributed by atoms with E-state index in [0.717, 1.165) is 43.5 Å². The summed E-state index contributed by atoms with van der Waals surface area (Å²) in [5.74, 6) is 0. The molecular weight excluding hydrogens is 277 g/mol. The molecule has 0 radical (unpaired) electrons. The van der Waals surface area contributed by atoms with E-state index in [-0.39, 0.29) is 12.1 Å². The molecule has 1 aliphatic carbocycles. The zero-order chi connectivity index (χ0) is 14.9. The van der Waals surface area contributed by atoms with E-state index in [1.165, 1.54) is 0 Å². The number of nitrogens with zero attached hydrogens (tertiary/aromatic N) is 1. The summed E-state index contributed by atoms with van der Waals surface area (Å²) in [6.07, 6.45) is -0.408. The molecule has 0 saturated heterocycles. The van der Waals surface area contributed by atoms with E-state index in [0.29, 0.717) is 6.54 Å². The molecular formula is C16H21F3N2. The molecule has 5 heteroatoms. The molecule has 1 aromatic rings. The van der Waals surface area contributed by atoms with Crippen molar-refractivity contribution in [2.24, 2.45) is 0 Å². The summed E-state index contributed by atoms with van der Waals surface area (Å²) in [6, 6.07) is 7.82. The summed E-state index contributed by atoms with van der Waals surface area (Å²) < 4.78 is 37.8. The summed E-state index contributed by atoms with van der Waals surface area (Å²) in [6.45, 7) is 1.47. The number of alkyl halides is 3. The summed E-state index contributed by atoms with van der Waals surface area (Å²) >= 11 is 0. The second-order valence-electron chi connectivity index (χ2n) is 6.26. The molecule has 116 valence electrons. The minimum absolute atomic E-state index is 0.00931. The lowest BCUT2D eigenvalue weighted by Crippen LogP contribution is -2.50. The van der Waals surface area contributed by atoms with Crippen LogP contribution in [0.2, 0.25) is 0 Å². The van der Waals surface area contributed by atoms with Crippen LogP contribution in [0.4, 0.5) is 18.9 Å². The van der Waals surface area contributed by atoms with Crippen molar-refractivity contribution in [3.8, 4) is 0 Å². The molecule has 1 saturated carbocycles. The first-order valence-electron chi connectivity index (χ1n) is 7.62. The van der Waals surface area contributed by atoms with Crippen molar-refractivity contribution < 1.29 is 13.2 Å². The Morgan fingerprint density at radius 2 is 1.86 bits per heavy atom. The van der Waals surface area contributed by atoms with Gasteiger partial charge in [-0.05, 0) is 24.5 Å². The quantitative estimate of drug-likeness (QED) is 0.892. The third-order valence-corrected chi connectivity index (χ3v) is 4.71. The molecule has 3 rings (SSSR count). The Hall–Kier alpha value is -1.23. The molecule has 0 unspecified atom stereocenters. The van der Waals surface area contributed by atoms with Gasteiger partial charge in [0.25, 0.3) is 0 Å². The first-order chi connectivity index (χ1) is 9.98. The highest BCUT2D eigenvalue weighted by atomic mass is 19.4. The standard InChI is InChI=1S/C16H21F3N2/c17-16(18,19)9-10-21-12-15(7-3-4-8-15)20-11-13-5-1-2-6-14(13)21/h1-2,5-6,20H,3-4,7-12H2. The lowest BCUT2D eigenvalue weighted by atomic mass is 9.97. The molecule has 1 N–H and O–H groups in total. The maximum Gasteiger partial charge on any atom is 0.390 e. The van der Waals surface area contributed by atoms with Crippen LogP contribution in [0.3, 0.4) is 0 Å². The second kappa shape index (κ2) is 5.52. The molecule has 2 aliphatic rings. The van der Waals surface area contributed by atoms with Gasteiger partial charge in [-0.3, -0.25) is 0 Å². The van der Waals surface area contributed by atoms with Crippen LogP contribution in [-0.4, -0.2) is 24.8 Å². The zero-order valence-corrected chi connectivity index (χ0v) is 12.0. The first-order valence-corrected chi connectivity index (χ1v) is 7.62. The van der Waals surface area contributed by atoms with Crippen molar-refractivity contribution in [1.29, 1.82) is 0 Å². The Morgan fingerprint density at radius 1 is 1.14 bits per heavy atom. The highest BCUT2D eigenvalue weighted by molar-refractivity contribution is 5.55. The Bertz CT molecular complexity index is 493. The van der Waals surface area contributed by atoms with E-state index in [1.54, 1.807) is 0 Å². The van der Waals surface area contributed by atoms with Crippen molar-refractivity contribution in [3.63, 3.8) is 0 Å². The highest BCUT2D eigenvalue weighted by Gasteiger charge is 2.38. The molecule has 0 amide bonds. The normalized spacial score (nSPS) is 21.4. The van der Waals surface area contributed by atoms with Crippen LogP contribution >= 0.6 is 0 Å². The summed E-state index contributed by atoms with van der Waals surface area (Å²) in [5, 5.41) is 3.62. The first kappa shape index (κ1) is 14.7. The Kier molecular flexibility index (Phi) is 3.86. The average Bonchev–Trinajstić information content (AvgIpc) is 2.83. The van der Waals surface area contributed by atoms with E-state index in [9.17, 15) is 13.2 Å². The monoisotopic (exact) mass is 298 g/mol. The van der Waals surface area contributed by atoms with Gasteiger partial charge in [0.1, 0.15) is 0 Å². The van der Waals surface area contributed by atoms with Crippen molar-refractivity contribution in [1.82, 2.24) is 5.32 Å². The highest BCUT2D eigenvalue weighted by Crippen LogP contribution is 2.36. The number of hydrogen-bond acceptors (Lipinski definition) is 2. The predicted molar refractivity (Wildman–Crippen MR) is 77.4 cm³/mol. The number of para-hydroxylation sites is 1. The minimum Gasteiger partial charge on any atom is -0.369 e. The predicted octanol–water partition coefficient (Wildman–Crippen LogP) is 3.86. The Morgan fingerprint density at radius 3 is 2.57 bits per heavy atom. The van der Waals surface area contributed by atoms with Crippen molar-refractivity contribution in [2.75, 3.05) is 18.0 Å². The van der Waals surface area contributed by atoms with Gasteiger partial charge >= 0.3 is 6.18 Å². The molecule has 1 heterocycles. The molecule has 0 atom stereocenters. The van der Waals surface area contributed by atoms with Gasteiger partial charge in [-0.2, -0.15) is 13.2 Å². The fourth-order valence-corrected chi connectivity index (χ4v) is 3.61. The molecule has 2 nitrogen and oxygen atoms in total. The number of halogens is 3. The SMILES string of the molecule is FC(F)(F)CCN1CC2(CCCC2)NCc2ccccc21. The number of hydrogen-bond donors (Lipinski definition) is 1. The number of anilines is 1. The number of benzene rings is 1. The lowest BCUT2D eigenvalue weighted by Gasteiger charge is -2.35. The van der Waals surface area contributed by atoms with Crippen LogP contribution in [0.5, 0.6) is 0 Å². The van der Waals surface area contributed by atoms with Crippen molar-refractivity contribution in [2.45, 2.75) is 50.4 Å². The van der Waals surface area contributed by atoms with E-state index in [2.05, 4.69) is 5.32 Å². The van der Waals surface area contributed by atoms with Gasteiger partial charge in [0.2, 0.25) is 0 Å². The molecule has 0 aromatic heterocycles. The molecule has 0 bridgehead atoms. The Balaban J connectivity index is 1.85. The van der Waals surface area contributed by atoms with E-state index >= 15 is 0 Å². The van der Waals surface area contributed by atoms with Crippen LogP contribution in [0.25, 0.3) is 0 Å².